The number of benzene rings is 1. The summed E-state index contributed by atoms with van der Waals surface area (Å²) in [5.41, 5.74) is 1.17. The van der Waals surface area contributed by atoms with Crippen LogP contribution in [0.3, 0.4) is 0 Å². The third-order valence-electron chi connectivity index (χ3n) is 3.21. The highest BCUT2D eigenvalue weighted by atomic mass is 16.3. The van der Waals surface area contributed by atoms with Gasteiger partial charge in [0.1, 0.15) is 0 Å². The second-order valence-corrected chi connectivity index (χ2v) is 4.32. The molecule has 1 aliphatic carbocycles. The lowest BCUT2D eigenvalue weighted by atomic mass is 9.84. The lowest BCUT2D eigenvalue weighted by Crippen LogP contribution is -2.26. The molecule has 0 heterocycles. The SMILES string of the molecule is C#CC(O)(C1=CCCC=C1)c1ccc(NC)cc1. The largest absolute Gasteiger partial charge is 0.388 e. The van der Waals surface area contributed by atoms with E-state index in [1.165, 1.54) is 0 Å². The molecule has 0 fully saturated rings. The first kappa shape index (κ1) is 12.5. The van der Waals surface area contributed by atoms with Gasteiger partial charge in [0, 0.05) is 18.3 Å². The minimum atomic E-state index is -1.33. The van der Waals surface area contributed by atoms with Crippen molar-refractivity contribution < 1.29 is 5.11 Å². The molecule has 0 aromatic heterocycles. The van der Waals surface area contributed by atoms with Crippen molar-refractivity contribution in [2.75, 3.05) is 12.4 Å². The van der Waals surface area contributed by atoms with Crippen LogP contribution in [0.4, 0.5) is 5.69 Å². The molecule has 2 rings (SSSR count). The van der Waals surface area contributed by atoms with Gasteiger partial charge >= 0.3 is 0 Å². The van der Waals surface area contributed by atoms with Crippen LogP contribution in [0.5, 0.6) is 0 Å². The van der Waals surface area contributed by atoms with E-state index in [2.05, 4.69) is 11.2 Å². The maximum absolute atomic E-state index is 10.7. The van der Waals surface area contributed by atoms with Crippen molar-refractivity contribution in [3.05, 3.63) is 53.6 Å². The molecule has 2 N–H and O–H groups in total. The van der Waals surface area contributed by atoms with E-state index in [0.29, 0.717) is 0 Å². The molecule has 2 heteroatoms. The predicted molar refractivity (Wildman–Crippen MR) is 75.2 cm³/mol. The Hall–Kier alpha value is -1.98. The van der Waals surface area contributed by atoms with Gasteiger partial charge in [-0.15, -0.1) is 6.42 Å². The summed E-state index contributed by atoms with van der Waals surface area (Å²) >= 11 is 0. The second-order valence-electron chi connectivity index (χ2n) is 4.32. The predicted octanol–water partition coefficient (Wildman–Crippen LogP) is 2.83. The fourth-order valence-corrected chi connectivity index (χ4v) is 2.09. The molecule has 0 bridgehead atoms. The van der Waals surface area contributed by atoms with Crippen LogP contribution >= 0.6 is 0 Å². The number of rotatable bonds is 3. The summed E-state index contributed by atoms with van der Waals surface area (Å²) < 4.78 is 0. The molecule has 1 atom stereocenters. The fraction of sp³-hybridized carbons (Fsp3) is 0.250. The third-order valence-corrected chi connectivity index (χ3v) is 3.21. The van der Waals surface area contributed by atoms with Crippen LogP contribution in [0.15, 0.2) is 48.1 Å². The van der Waals surface area contributed by atoms with Gasteiger partial charge in [-0.3, -0.25) is 0 Å². The van der Waals surface area contributed by atoms with Gasteiger partial charge < -0.3 is 10.4 Å². The summed E-state index contributed by atoms with van der Waals surface area (Å²) in [6.07, 6.45) is 13.4. The van der Waals surface area contributed by atoms with E-state index in [-0.39, 0.29) is 0 Å². The van der Waals surface area contributed by atoms with Crippen LogP contribution in [0.1, 0.15) is 18.4 Å². The van der Waals surface area contributed by atoms with Crippen molar-refractivity contribution in [2.24, 2.45) is 0 Å². The van der Waals surface area contributed by atoms with Crippen molar-refractivity contribution in [2.45, 2.75) is 18.4 Å². The first-order valence-electron chi connectivity index (χ1n) is 6.06. The smallest absolute Gasteiger partial charge is 0.176 e. The quantitative estimate of drug-likeness (QED) is 0.795. The summed E-state index contributed by atoms with van der Waals surface area (Å²) in [7, 11) is 1.86. The van der Waals surface area contributed by atoms with Gasteiger partial charge in [0.25, 0.3) is 0 Å². The standard InChI is InChI=1S/C16H17NO/c1-3-16(18,13-7-5-4-6-8-13)14-9-11-15(17-2)12-10-14/h1,5,7-12,17-18H,4,6H2,2H3. The maximum atomic E-state index is 10.7. The van der Waals surface area contributed by atoms with Gasteiger partial charge in [-0.2, -0.15) is 0 Å². The number of anilines is 1. The average Bonchev–Trinajstić information content (AvgIpc) is 2.47. The van der Waals surface area contributed by atoms with E-state index in [9.17, 15) is 5.11 Å². The lowest BCUT2D eigenvalue weighted by molar-refractivity contribution is 0.144. The van der Waals surface area contributed by atoms with Gasteiger partial charge in [-0.1, -0.05) is 36.3 Å². The Labute approximate surface area is 108 Å². The van der Waals surface area contributed by atoms with Crippen LogP contribution in [0.2, 0.25) is 0 Å². The minimum absolute atomic E-state index is 0.724. The summed E-state index contributed by atoms with van der Waals surface area (Å²) in [5.74, 6) is 2.52. The summed E-state index contributed by atoms with van der Waals surface area (Å²) in [6, 6.07) is 7.53. The number of nitrogens with one attached hydrogen (secondary N) is 1. The Morgan fingerprint density at radius 2 is 2.00 bits per heavy atom. The highest BCUT2D eigenvalue weighted by Crippen LogP contribution is 2.32. The normalized spacial score (nSPS) is 17.5. The zero-order chi connectivity index (χ0) is 13.0. The van der Waals surface area contributed by atoms with Gasteiger partial charge in [0.2, 0.25) is 0 Å². The van der Waals surface area contributed by atoms with Gasteiger partial charge in [-0.25, -0.2) is 0 Å². The zero-order valence-corrected chi connectivity index (χ0v) is 10.5. The van der Waals surface area contributed by atoms with Crippen molar-refractivity contribution >= 4 is 5.69 Å². The lowest BCUT2D eigenvalue weighted by Gasteiger charge is -2.26. The van der Waals surface area contributed by atoms with E-state index in [1.807, 2.05) is 49.5 Å². The minimum Gasteiger partial charge on any atom is -0.388 e. The van der Waals surface area contributed by atoms with Crippen LogP contribution in [-0.2, 0) is 5.60 Å². The highest BCUT2D eigenvalue weighted by Gasteiger charge is 2.30. The molecule has 1 unspecified atom stereocenters. The maximum Gasteiger partial charge on any atom is 0.176 e. The Balaban J connectivity index is 2.40. The number of allylic oxidation sites excluding steroid dienone is 2. The highest BCUT2D eigenvalue weighted by molar-refractivity contribution is 5.51. The van der Waals surface area contributed by atoms with Crippen molar-refractivity contribution in [3.8, 4) is 12.3 Å². The van der Waals surface area contributed by atoms with Crippen molar-refractivity contribution in [1.82, 2.24) is 0 Å². The summed E-state index contributed by atoms with van der Waals surface area (Å²) in [6.45, 7) is 0. The van der Waals surface area contributed by atoms with E-state index >= 15 is 0 Å². The van der Waals surface area contributed by atoms with E-state index < -0.39 is 5.60 Å². The van der Waals surface area contributed by atoms with Gasteiger partial charge in [0.05, 0.1) is 0 Å². The van der Waals surface area contributed by atoms with Crippen LogP contribution < -0.4 is 5.32 Å². The number of aliphatic hydroxyl groups is 1. The Morgan fingerprint density at radius 3 is 2.50 bits per heavy atom. The molecule has 0 saturated heterocycles. The molecule has 0 aliphatic heterocycles. The first-order chi connectivity index (χ1) is 8.70. The Kier molecular flexibility index (Phi) is 3.55. The first-order valence-corrected chi connectivity index (χ1v) is 6.06. The monoisotopic (exact) mass is 239 g/mol. The Morgan fingerprint density at radius 1 is 1.28 bits per heavy atom. The molecule has 0 radical (unpaired) electrons. The van der Waals surface area contributed by atoms with E-state index in [1.54, 1.807) is 0 Å². The molecule has 18 heavy (non-hydrogen) atoms. The van der Waals surface area contributed by atoms with E-state index in [0.717, 1.165) is 29.7 Å². The molecule has 1 aromatic carbocycles. The molecule has 1 aliphatic rings. The number of terminal acetylenes is 1. The van der Waals surface area contributed by atoms with Crippen molar-refractivity contribution in [3.63, 3.8) is 0 Å². The molecule has 0 spiro atoms. The summed E-state index contributed by atoms with van der Waals surface area (Å²) in [5, 5.41) is 13.7. The zero-order valence-electron chi connectivity index (χ0n) is 10.5. The fourth-order valence-electron chi connectivity index (χ4n) is 2.09. The third kappa shape index (κ3) is 2.18. The van der Waals surface area contributed by atoms with Crippen LogP contribution in [-0.4, -0.2) is 12.2 Å². The second kappa shape index (κ2) is 5.12. The van der Waals surface area contributed by atoms with Gasteiger partial charge in [0.15, 0.2) is 5.60 Å². The molecule has 0 saturated carbocycles. The molecule has 2 nitrogen and oxygen atoms in total. The van der Waals surface area contributed by atoms with E-state index in [4.69, 9.17) is 6.42 Å². The Bertz CT molecular complexity index is 519. The van der Waals surface area contributed by atoms with Crippen LogP contribution in [0, 0.1) is 12.3 Å². The average molecular weight is 239 g/mol. The number of hydrogen-bond donors (Lipinski definition) is 2. The molecular weight excluding hydrogens is 222 g/mol. The molecule has 1 aromatic rings. The topological polar surface area (TPSA) is 32.3 Å². The molecule has 92 valence electrons. The summed E-state index contributed by atoms with van der Waals surface area (Å²) in [4.78, 5) is 0. The van der Waals surface area contributed by atoms with Crippen molar-refractivity contribution in [1.29, 1.82) is 0 Å². The van der Waals surface area contributed by atoms with Gasteiger partial charge in [-0.05, 0) is 30.5 Å². The van der Waals surface area contributed by atoms with Crippen LogP contribution in [0.25, 0.3) is 0 Å². The molecule has 0 amide bonds. The number of hydrogen-bond acceptors (Lipinski definition) is 2. The molecular formula is C16H17NO.